The Labute approximate surface area is 162 Å². The minimum atomic E-state index is -2.74. The average Bonchev–Trinajstić information content (AvgIpc) is 2.67. The maximum Gasteiger partial charge on any atom is 0.266 e. The van der Waals surface area contributed by atoms with E-state index in [4.69, 9.17) is 0 Å². The van der Waals surface area contributed by atoms with Crippen LogP contribution < -0.4 is 0 Å². The van der Waals surface area contributed by atoms with Gasteiger partial charge >= 0.3 is 0 Å². The van der Waals surface area contributed by atoms with Crippen LogP contribution in [0.3, 0.4) is 0 Å². The molecule has 2 heteroatoms. The summed E-state index contributed by atoms with van der Waals surface area (Å²) in [4.78, 5) is 0. The Kier molecular flexibility index (Phi) is 8.27. The second-order valence-corrected chi connectivity index (χ2v) is 6.87. The molecule has 142 valence electrons. The van der Waals surface area contributed by atoms with Crippen LogP contribution in [-0.2, 0) is 6.42 Å². The van der Waals surface area contributed by atoms with Crippen molar-refractivity contribution in [3.05, 3.63) is 76.9 Å². The predicted molar refractivity (Wildman–Crippen MR) is 111 cm³/mol. The SMILES string of the molecule is CCCCCc1ccc(C#Cc2ccc(/C=C/C(F)(F)CCC)cc2)cc1. The molecular weight excluding hydrogens is 338 g/mol. The number of halogens is 2. The van der Waals surface area contributed by atoms with Gasteiger partial charge in [0, 0.05) is 17.5 Å². The third-order valence-corrected chi connectivity index (χ3v) is 4.39. The zero-order valence-electron chi connectivity index (χ0n) is 16.3. The third kappa shape index (κ3) is 7.79. The molecule has 0 fully saturated rings. The summed E-state index contributed by atoms with van der Waals surface area (Å²) < 4.78 is 27.0. The van der Waals surface area contributed by atoms with Crippen molar-refractivity contribution in [2.45, 2.75) is 58.3 Å². The number of rotatable bonds is 8. The van der Waals surface area contributed by atoms with Crippen LogP contribution in [0.2, 0.25) is 0 Å². The van der Waals surface area contributed by atoms with Crippen molar-refractivity contribution in [2.24, 2.45) is 0 Å². The Morgan fingerprint density at radius 2 is 1.41 bits per heavy atom. The monoisotopic (exact) mass is 366 g/mol. The number of aryl methyl sites for hydroxylation is 1. The highest BCUT2D eigenvalue weighted by molar-refractivity contribution is 5.53. The van der Waals surface area contributed by atoms with Crippen LogP contribution in [-0.4, -0.2) is 5.92 Å². The lowest BCUT2D eigenvalue weighted by atomic mass is 10.1. The van der Waals surface area contributed by atoms with Gasteiger partial charge in [-0.3, -0.25) is 0 Å². The van der Waals surface area contributed by atoms with E-state index in [-0.39, 0.29) is 6.42 Å². The Morgan fingerprint density at radius 1 is 0.815 bits per heavy atom. The van der Waals surface area contributed by atoms with Crippen molar-refractivity contribution in [1.82, 2.24) is 0 Å². The number of benzene rings is 2. The smallest absolute Gasteiger partial charge is 0.202 e. The van der Waals surface area contributed by atoms with Gasteiger partial charge in [-0.2, -0.15) is 0 Å². The summed E-state index contributed by atoms with van der Waals surface area (Å²) in [5.41, 5.74) is 3.97. The molecule has 0 bridgehead atoms. The lowest BCUT2D eigenvalue weighted by Gasteiger charge is -2.09. The molecular formula is C25H28F2. The highest BCUT2D eigenvalue weighted by atomic mass is 19.3. The van der Waals surface area contributed by atoms with E-state index >= 15 is 0 Å². The van der Waals surface area contributed by atoms with Gasteiger partial charge in [0.2, 0.25) is 0 Å². The molecule has 0 aromatic heterocycles. The Morgan fingerprint density at radius 3 is 1.96 bits per heavy atom. The van der Waals surface area contributed by atoms with Gasteiger partial charge in [-0.05, 0) is 54.3 Å². The molecule has 0 N–H and O–H groups in total. The summed E-state index contributed by atoms with van der Waals surface area (Å²) >= 11 is 0. The van der Waals surface area contributed by atoms with E-state index in [9.17, 15) is 8.78 Å². The molecule has 0 saturated heterocycles. The Hall–Kier alpha value is -2.40. The molecule has 0 aliphatic rings. The van der Waals surface area contributed by atoms with E-state index in [0.717, 1.165) is 29.2 Å². The summed E-state index contributed by atoms with van der Waals surface area (Å²) in [6, 6.07) is 15.8. The fourth-order valence-corrected chi connectivity index (χ4v) is 2.79. The van der Waals surface area contributed by atoms with Crippen molar-refractivity contribution in [2.75, 3.05) is 0 Å². The van der Waals surface area contributed by atoms with Crippen LogP contribution in [0.15, 0.2) is 54.6 Å². The van der Waals surface area contributed by atoms with Crippen molar-refractivity contribution in [1.29, 1.82) is 0 Å². The lowest BCUT2D eigenvalue weighted by Crippen LogP contribution is -2.10. The predicted octanol–water partition coefficient (Wildman–Crippen LogP) is 7.27. The number of hydrogen-bond donors (Lipinski definition) is 0. The minimum absolute atomic E-state index is 0.121. The third-order valence-electron chi connectivity index (χ3n) is 4.39. The zero-order chi connectivity index (χ0) is 19.5. The lowest BCUT2D eigenvalue weighted by molar-refractivity contribution is 0.0458. The van der Waals surface area contributed by atoms with Crippen molar-refractivity contribution in [3.63, 3.8) is 0 Å². The second kappa shape index (κ2) is 10.7. The van der Waals surface area contributed by atoms with E-state index in [1.807, 2.05) is 24.3 Å². The number of hydrogen-bond acceptors (Lipinski definition) is 0. The van der Waals surface area contributed by atoms with Gasteiger partial charge in [-0.15, -0.1) is 0 Å². The van der Waals surface area contributed by atoms with Gasteiger partial charge in [0.25, 0.3) is 5.92 Å². The fraction of sp³-hybridized carbons (Fsp3) is 0.360. The molecule has 0 atom stereocenters. The summed E-state index contributed by atoms with van der Waals surface area (Å²) in [6.07, 6.45) is 7.66. The minimum Gasteiger partial charge on any atom is -0.202 e. The average molecular weight is 366 g/mol. The zero-order valence-corrected chi connectivity index (χ0v) is 16.3. The molecule has 2 aromatic rings. The van der Waals surface area contributed by atoms with Crippen LogP contribution in [0.25, 0.3) is 6.08 Å². The number of alkyl halides is 2. The van der Waals surface area contributed by atoms with Crippen molar-refractivity contribution >= 4 is 6.08 Å². The first kappa shape index (κ1) is 20.9. The highest BCUT2D eigenvalue weighted by Gasteiger charge is 2.22. The molecule has 0 radical (unpaired) electrons. The first-order valence-corrected chi connectivity index (χ1v) is 9.80. The Bertz CT molecular complexity index is 772. The standard InChI is InChI=1S/C25H28F2/c1-3-5-6-7-21-8-10-22(11-9-21)12-13-23-14-16-24(17-15-23)18-20-25(26,27)19-4-2/h8-11,14-18,20H,3-7,19H2,1-2H3/b20-18+. The molecule has 0 aliphatic carbocycles. The summed E-state index contributed by atoms with van der Waals surface area (Å²) in [7, 11) is 0. The van der Waals surface area contributed by atoms with Gasteiger partial charge in [0.15, 0.2) is 0 Å². The summed E-state index contributed by atoms with van der Waals surface area (Å²) in [5, 5.41) is 0. The topological polar surface area (TPSA) is 0 Å². The van der Waals surface area contributed by atoms with Crippen LogP contribution in [0.4, 0.5) is 8.78 Å². The van der Waals surface area contributed by atoms with Gasteiger partial charge < -0.3 is 0 Å². The fourth-order valence-electron chi connectivity index (χ4n) is 2.79. The molecule has 2 rings (SSSR count). The van der Waals surface area contributed by atoms with E-state index < -0.39 is 5.92 Å². The van der Waals surface area contributed by atoms with Crippen molar-refractivity contribution in [3.8, 4) is 11.8 Å². The van der Waals surface area contributed by atoms with E-state index in [0.29, 0.717) is 6.42 Å². The number of allylic oxidation sites excluding steroid dienone is 1. The summed E-state index contributed by atoms with van der Waals surface area (Å²) in [5.74, 6) is 3.55. The normalized spacial score (nSPS) is 11.4. The van der Waals surface area contributed by atoms with Gasteiger partial charge in [-0.25, -0.2) is 8.78 Å². The molecule has 0 heterocycles. The largest absolute Gasteiger partial charge is 0.266 e. The maximum atomic E-state index is 13.5. The highest BCUT2D eigenvalue weighted by Crippen LogP contribution is 2.23. The molecule has 2 aromatic carbocycles. The first-order valence-electron chi connectivity index (χ1n) is 9.80. The molecule has 0 saturated carbocycles. The maximum absolute atomic E-state index is 13.5. The van der Waals surface area contributed by atoms with Gasteiger partial charge in [-0.1, -0.05) is 75.3 Å². The van der Waals surface area contributed by atoms with E-state index in [1.165, 1.54) is 30.9 Å². The molecule has 0 spiro atoms. The molecule has 0 aliphatic heterocycles. The van der Waals surface area contributed by atoms with Gasteiger partial charge in [0.1, 0.15) is 0 Å². The van der Waals surface area contributed by atoms with Crippen molar-refractivity contribution < 1.29 is 8.78 Å². The second-order valence-electron chi connectivity index (χ2n) is 6.87. The van der Waals surface area contributed by atoms with Crippen LogP contribution >= 0.6 is 0 Å². The number of unbranched alkanes of at least 4 members (excludes halogenated alkanes) is 2. The van der Waals surface area contributed by atoms with Crippen LogP contribution in [0.5, 0.6) is 0 Å². The van der Waals surface area contributed by atoms with E-state index in [2.05, 4.69) is 43.0 Å². The summed E-state index contributed by atoms with van der Waals surface area (Å²) in [6.45, 7) is 3.97. The van der Waals surface area contributed by atoms with E-state index in [1.54, 1.807) is 6.92 Å². The van der Waals surface area contributed by atoms with Gasteiger partial charge in [0.05, 0.1) is 0 Å². The van der Waals surface area contributed by atoms with Crippen LogP contribution in [0.1, 0.15) is 68.2 Å². The Balaban J connectivity index is 1.96. The van der Waals surface area contributed by atoms with Crippen LogP contribution in [0, 0.1) is 11.8 Å². The first-order chi connectivity index (χ1) is 13.0. The molecule has 0 unspecified atom stereocenters. The molecule has 0 nitrogen and oxygen atoms in total. The molecule has 27 heavy (non-hydrogen) atoms. The quantitative estimate of drug-likeness (QED) is 0.340. The molecule has 0 amide bonds.